The van der Waals surface area contributed by atoms with Crippen LogP contribution in [0.1, 0.15) is 32.6 Å². The van der Waals surface area contributed by atoms with Crippen LogP contribution in [-0.2, 0) is 0 Å². The van der Waals surface area contributed by atoms with E-state index in [1.165, 1.54) is 6.20 Å². The molecule has 0 spiro atoms. The monoisotopic (exact) mass is 413 g/mol. The lowest BCUT2D eigenvalue weighted by Crippen LogP contribution is -2.54. The molecule has 8 nitrogen and oxygen atoms in total. The predicted octanol–water partition coefficient (Wildman–Crippen LogP) is 2.70. The van der Waals surface area contributed by atoms with Gasteiger partial charge in [-0.15, -0.1) is 0 Å². The standard InChI is InChI=1S/C21H28FN7O/c1-2-8-24-21(30)29-10-4-3-6-14(29)11-25-20-17(22)13-27-19(28-20)16-12-26-18-15(16)7-5-9-23-18/h5,7,9,12-14,21,24,30H,2-4,6,8,10-11H2,1H3,(H,23,26)(H,25,27,28). The van der Waals surface area contributed by atoms with Crippen molar-refractivity contribution in [3.8, 4) is 11.4 Å². The molecular weight excluding hydrogens is 385 g/mol. The van der Waals surface area contributed by atoms with Gasteiger partial charge in [0.05, 0.1) is 6.20 Å². The Balaban J connectivity index is 1.49. The van der Waals surface area contributed by atoms with Crippen LogP contribution in [0.15, 0.2) is 30.7 Å². The first kappa shape index (κ1) is 20.6. The van der Waals surface area contributed by atoms with Crippen LogP contribution in [0.3, 0.4) is 0 Å². The van der Waals surface area contributed by atoms with Crippen molar-refractivity contribution in [2.45, 2.75) is 45.0 Å². The molecule has 0 amide bonds. The smallest absolute Gasteiger partial charge is 0.183 e. The number of fused-ring (bicyclic) bond motifs is 1. The maximum Gasteiger partial charge on any atom is 0.183 e. The van der Waals surface area contributed by atoms with E-state index in [2.05, 4.69) is 37.5 Å². The molecule has 1 aliphatic heterocycles. The molecule has 1 fully saturated rings. The van der Waals surface area contributed by atoms with Gasteiger partial charge < -0.3 is 15.4 Å². The highest BCUT2D eigenvalue weighted by Crippen LogP contribution is 2.26. The van der Waals surface area contributed by atoms with E-state index in [1.54, 1.807) is 12.4 Å². The molecule has 0 aromatic carbocycles. The fraction of sp³-hybridized carbons (Fsp3) is 0.476. The molecule has 30 heavy (non-hydrogen) atoms. The number of anilines is 1. The molecular formula is C21H28FN7O. The van der Waals surface area contributed by atoms with Crippen LogP contribution >= 0.6 is 0 Å². The normalized spacial score (nSPS) is 18.6. The minimum atomic E-state index is -0.693. The highest BCUT2D eigenvalue weighted by molar-refractivity contribution is 5.91. The summed E-state index contributed by atoms with van der Waals surface area (Å²) in [6.45, 7) is 4.12. The van der Waals surface area contributed by atoms with Gasteiger partial charge in [-0.3, -0.25) is 10.2 Å². The second-order valence-electron chi connectivity index (χ2n) is 7.59. The summed E-state index contributed by atoms with van der Waals surface area (Å²) in [6.07, 6.45) is 8.01. The maximum absolute atomic E-state index is 14.4. The molecule has 0 aliphatic carbocycles. The van der Waals surface area contributed by atoms with Gasteiger partial charge in [0.1, 0.15) is 5.65 Å². The Bertz CT molecular complexity index is 979. The molecule has 9 heteroatoms. The van der Waals surface area contributed by atoms with Crippen LogP contribution < -0.4 is 10.6 Å². The van der Waals surface area contributed by atoms with E-state index in [-0.39, 0.29) is 11.9 Å². The van der Waals surface area contributed by atoms with Crippen molar-refractivity contribution in [2.24, 2.45) is 0 Å². The average molecular weight is 414 g/mol. The first-order valence-electron chi connectivity index (χ1n) is 10.5. The quantitative estimate of drug-likeness (QED) is 0.421. The second-order valence-corrected chi connectivity index (χ2v) is 7.59. The van der Waals surface area contributed by atoms with Crippen molar-refractivity contribution in [1.82, 2.24) is 30.2 Å². The van der Waals surface area contributed by atoms with Crippen LogP contribution in [0.2, 0.25) is 0 Å². The van der Waals surface area contributed by atoms with Gasteiger partial charge in [-0.25, -0.2) is 19.3 Å². The lowest BCUT2D eigenvalue weighted by atomic mass is 10.0. The molecule has 0 saturated carbocycles. The van der Waals surface area contributed by atoms with E-state index in [0.717, 1.165) is 55.4 Å². The highest BCUT2D eigenvalue weighted by atomic mass is 19.1. The third-order valence-electron chi connectivity index (χ3n) is 5.50. The number of aromatic nitrogens is 4. The molecule has 3 aromatic rings. The minimum absolute atomic E-state index is 0.0909. The van der Waals surface area contributed by atoms with Crippen LogP contribution in [-0.4, -0.2) is 62.0 Å². The summed E-state index contributed by atoms with van der Waals surface area (Å²) in [4.78, 5) is 18.0. The molecule has 1 saturated heterocycles. The Morgan fingerprint density at radius 2 is 2.27 bits per heavy atom. The van der Waals surface area contributed by atoms with Gasteiger partial charge in [-0.05, 0) is 37.9 Å². The molecule has 4 N–H and O–H groups in total. The lowest BCUT2D eigenvalue weighted by molar-refractivity contribution is -0.0579. The lowest BCUT2D eigenvalue weighted by Gasteiger charge is -2.39. The zero-order valence-electron chi connectivity index (χ0n) is 17.1. The van der Waals surface area contributed by atoms with Crippen molar-refractivity contribution < 1.29 is 9.50 Å². The van der Waals surface area contributed by atoms with Crippen LogP contribution in [0.25, 0.3) is 22.4 Å². The number of rotatable bonds is 8. The number of aliphatic hydroxyl groups is 1. The van der Waals surface area contributed by atoms with Gasteiger partial charge in [0, 0.05) is 42.5 Å². The van der Waals surface area contributed by atoms with Gasteiger partial charge in [-0.2, -0.15) is 0 Å². The molecule has 4 rings (SSSR count). The number of aliphatic hydroxyl groups excluding tert-OH is 1. The Kier molecular flexibility index (Phi) is 6.51. The highest BCUT2D eigenvalue weighted by Gasteiger charge is 2.27. The molecule has 160 valence electrons. The fourth-order valence-electron chi connectivity index (χ4n) is 3.93. The average Bonchev–Trinajstić information content (AvgIpc) is 3.21. The van der Waals surface area contributed by atoms with E-state index < -0.39 is 12.2 Å². The number of aromatic amines is 1. The second kappa shape index (κ2) is 9.46. The SMILES string of the molecule is CCCNC(O)N1CCCCC1CNc1nc(-c2c[nH]c3ncccc23)ncc1F. The summed E-state index contributed by atoms with van der Waals surface area (Å²) >= 11 is 0. The number of pyridine rings is 1. The number of hydrogen-bond acceptors (Lipinski definition) is 7. The molecule has 2 unspecified atom stereocenters. The number of piperidine rings is 1. The molecule has 4 heterocycles. The number of likely N-dealkylation sites (tertiary alicyclic amines) is 1. The van der Waals surface area contributed by atoms with Crippen molar-refractivity contribution >= 4 is 16.9 Å². The summed E-state index contributed by atoms with van der Waals surface area (Å²) in [7, 11) is 0. The third kappa shape index (κ3) is 4.43. The molecule has 0 radical (unpaired) electrons. The molecule has 3 aromatic heterocycles. The van der Waals surface area contributed by atoms with Crippen molar-refractivity contribution in [2.75, 3.05) is 25.0 Å². The minimum Gasteiger partial charge on any atom is -0.366 e. The Hall–Kier alpha value is -2.62. The van der Waals surface area contributed by atoms with E-state index in [0.29, 0.717) is 12.4 Å². The summed E-state index contributed by atoms with van der Waals surface area (Å²) in [5, 5.41) is 17.6. The number of H-pyrrole nitrogens is 1. The van der Waals surface area contributed by atoms with Gasteiger partial charge in [0.15, 0.2) is 23.8 Å². The van der Waals surface area contributed by atoms with Crippen molar-refractivity contribution in [3.63, 3.8) is 0 Å². The van der Waals surface area contributed by atoms with Crippen molar-refractivity contribution in [1.29, 1.82) is 0 Å². The zero-order valence-corrected chi connectivity index (χ0v) is 17.1. The zero-order chi connectivity index (χ0) is 20.9. The Labute approximate surface area is 175 Å². The first-order valence-corrected chi connectivity index (χ1v) is 10.5. The van der Waals surface area contributed by atoms with Crippen molar-refractivity contribution in [3.05, 3.63) is 36.5 Å². The maximum atomic E-state index is 14.4. The Morgan fingerprint density at radius 1 is 1.37 bits per heavy atom. The van der Waals surface area contributed by atoms with E-state index >= 15 is 0 Å². The summed E-state index contributed by atoms with van der Waals surface area (Å²) in [6, 6.07) is 3.87. The van der Waals surface area contributed by atoms with E-state index in [1.807, 2.05) is 17.0 Å². The molecule has 2 atom stereocenters. The van der Waals surface area contributed by atoms with Gasteiger partial charge in [0.2, 0.25) is 0 Å². The van der Waals surface area contributed by atoms with E-state index in [4.69, 9.17) is 0 Å². The molecule has 0 bridgehead atoms. The summed E-state index contributed by atoms with van der Waals surface area (Å²) in [5.41, 5.74) is 1.51. The summed E-state index contributed by atoms with van der Waals surface area (Å²) in [5.74, 6) is 0.104. The first-order chi connectivity index (χ1) is 14.7. The topological polar surface area (TPSA) is 102 Å². The fourth-order valence-corrected chi connectivity index (χ4v) is 3.93. The molecule has 1 aliphatic rings. The third-order valence-corrected chi connectivity index (χ3v) is 5.50. The van der Waals surface area contributed by atoms with Crippen LogP contribution in [0, 0.1) is 5.82 Å². The predicted molar refractivity (Wildman–Crippen MR) is 114 cm³/mol. The number of halogens is 1. The number of hydrogen-bond donors (Lipinski definition) is 4. The number of nitrogens with zero attached hydrogens (tertiary/aromatic N) is 4. The van der Waals surface area contributed by atoms with E-state index in [9.17, 15) is 9.50 Å². The number of nitrogens with one attached hydrogen (secondary N) is 3. The summed E-state index contributed by atoms with van der Waals surface area (Å²) < 4.78 is 14.4. The van der Waals surface area contributed by atoms with Gasteiger partial charge in [-0.1, -0.05) is 13.3 Å². The Morgan fingerprint density at radius 3 is 3.13 bits per heavy atom. The van der Waals surface area contributed by atoms with Gasteiger partial charge in [0.25, 0.3) is 0 Å². The largest absolute Gasteiger partial charge is 0.366 e. The van der Waals surface area contributed by atoms with Crippen LogP contribution in [0.5, 0.6) is 0 Å². The van der Waals surface area contributed by atoms with Gasteiger partial charge >= 0.3 is 0 Å². The van der Waals surface area contributed by atoms with Crippen LogP contribution in [0.4, 0.5) is 10.2 Å².